The van der Waals surface area contributed by atoms with Crippen LogP contribution in [-0.4, -0.2) is 0 Å². The molecule has 0 aliphatic heterocycles. The minimum atomic E-state index is -0.0124. The lowest BCUT2D eigenvalue weighted by atomic mass is 9.82. The average molecular weight is 594 g/mol. The van der Waals surface area contributed by atoms with Crippen LogP contribution < -0.4 is 4.90 Å². The van der Waals surface area contributed by atoms with Crippen LogP contribution in [0.15, 0.2) is 152 Å². The van der Waals surface area contributed by atoms with Gasteiger partial charge in [-0.05, 0) is 87.1 Å². The van der Waals surface area contributed by atoms with Gasteiger partial charge in [-0.15, -0.1) is 11.3 Å². The molecule has 0 spiro atoms. The Labute approximate surface area is 267 Å². The van der Waals surface area contributed by atoms with E-state index >= 15 is 0 Å². The van der Waals surface area contributed by atoms with Gasteiger partial charge in [-0.25, -0.2) is 0 Å². The highest BCUT2D eigenvalue weighted by molar-refractivity contribution is 7.26. The van der Waals surface area contributed by atoms with Crippen molar-refractivity contribution in [2.24, 2.45) is 0 Å². The number of thiophene rings is 1. The molecule has 9 rings (SSSR count). The highest BCUT2D eigenvalue weighted by Crippen LogP contribution is 2.51. The molecule has 0 bridgehead atoms. The lowest BCUT2D eigenvalue weighted by Gasteiger charge is -2.27. The predicted octanol–water partition coefficient (Wildman–Crippen LogP) is 12.7. The molecular weight excluding hydrogens is 563 g/mol. The predicted molar refractivity (Wildman–Crippen MR) is 195 cm³/mol. The lowest BCUT2D eigenvalue weighted by molar-refractivity contribution is 0.660. The molecule has 1 aromatic heterocycles. The summed E-state index contributed by atoms with van der Waals surface area (Å²) in [4.78, 5) is 2.38. The van der Waals surface area contributed by atoms with Crippen molar-refractivity contribution in [3.8, 4) is 22.3 Å². The Balaban J connectivity index is 1.20. The number of benzene rings is 7. The molecule has 0 fully saturated rings. The Hall–Kier alpha value is -5.18. The van der Waals surface area contributed by atoms with Crippen molar-refractivity contribution in [3.63, 3.8) is 0 Å². The molecule has 8 aromatic rings. The first-order valence-corrected chi connectivity index (χ1v) is 16.4. The molecule has 2 heteroatoms. The minimum absolute atomic E-state index is 0.0124. The molecule has 0 unspecified atom stereocenters. The van der Waals surface area contributed by atoms with E-state index < -0.39 is 0 Å². The Kier molecular flexibility index (Phi) is 5.78. The number of hydrogen-bond acceptors (Lipinski definition) is 2. The first-order valence-electron chi connectivity index (χ1n) is 15.6. The maximum Gasteiger partial charge on any atom is 0.0468 e. The third kappa shape index (κ3) is 3.99. The van der Waals surface area contributed by atoms with E-state index in [1.807, 2.05) is 11.3 Å². The molecule has 1 aliphatic rings. The molecule has 1 nitrogen and oxygen atoms in total. The van der Waals surface area contributed by atoms with Crippen molar-refractivity contribution in [2.45, 2.75) is 19.3 Å². The van der Waals surface area contributed by atoms with E-state index in [4.69, 9.17) is 0 Å². The molecule has 7 aromatic carbocycles. The maximum absolute atomic E-state index is 2.38. The van der Waals surface area contributed by atoms with Crippen molar-refractivity contribution in [3.05, 3.63) is 163 Å². The summed E-state index contributed by atoms with van der Waals surface area (Å²) in [6, 6.07) is 55.7. The van der Waals surface area contributed by atoms with E-state index in [0.29, 0.717) is 0 Å². The van der Waals surface area contributed by atoms with Crippen molar-refractivity contribution in [2.75, 3.05) is 4.90 Å². The van der Waals surface area contributed by atoms with Crippen LogP contribution in [0.2, 0.25) is 0 Å². The molecule has 1 heterocycles. The second-order valence-corrected chi connectivity index (χ2v) is 13.6. The standard InChI is InChI=1S/C43H31NS/c1-43(2)38-18-10-8-16-34(38)37-27-32(24-25-39(37)43)44(30-13-4-3-5-14-30)31-22-20-28(21-23-31)36-26-29-12-6-7-15-33(29)41-35-17-9-11-19-40(35)45-42(36)41/h3-27H,1-2H3. The molecule has 0 amide bonds. The molecule has 1 aliphatic carbocycles. The fourth-order valence-electron chi connectivity index (χ4n) is 7.45. The molecule has 0 radical (unpaired) electrons. The van der Waals surface area contributed by atoms with Gasteiger partial charge in [-0.2, -0.15) is 0 Å². The minimum Gasteiger partial charge on any atom is -0.310 e. The van der Waals surface area contributed by atoms with Gasteiger partial charge >= 0.3 is 0 Å². The SMILES string of the molecule is CC1(C)c2ccccc2-c2cc(N(c3ccccc3)c3ccc(-c4cc5ccccc5c5c4sc4ccccc45)cc3)ccc21. The summed E-state index contributed by atoms with van der Waals surface area (Å²) in [6.45, 7) is 4.68. The van der Waals surface area contributed by atoms with Gasteiger partial charge in [0.15, 0.2) is 0 Å². The highest BCUT2D eigenvalue weighted by Gasteiger charge is 2.35. The topological polar surface area (TPSA) is 3.24 Å². The number of anilines is 3. The van der Waals surface area contributed by atoms with E-state index in [1.54, 1.807) is 0 Å². The Morgan fingerprint density at radius 1 is 0.489 bits per heavy atom. The number of para-hydroxylation sites is 1. The summed E-state index contributed by atoms with van der Waals surface area (Å²) in [6.07, 6.45) is 0. The fraction of sp³-hybridized carbons (Fsp3) is 0.0698. The highest BCUT2D eigenvalue weighted by atomic mass is 32.1. The van der Waals surface area contributed by atoms with Gasteiger partial charge in [0.25, 0.3) is 0 Å². The Bertz CT molecular complexity index is 2400. The van der Waals surface area contributed by atoms with Gasteiger partial charge in [0.2, 0.25) is 0 Å². The third-order valence-electron chi connectivity index (χ3n) is 9.65. The van der Waals surface area contributed by atoms with Crippen molar-refractivity contribution in [1.82, 2.24) is 0 Å². The average Bonchev–Trinajstić information content (AvgIpc) is 3.59. The number of hydrogen-bond donors (Lipinski definition) is 0. The zero-order valence-corrected chi connectivity index (χ0v) is 26.1. The van der Waals surface area contributed by atoms with Crippen LogP contribution >= 0.6 is 11.3 Å². The van der Waals surface area contributed by atoms with Gasteiger partial charge in [0, 0.05) is 48.2 Å². The van der Waals surface area contributed by atoms with E-state index in [0.717, 1.165) is 17.1 Å². The van der Waals surface area contributed by atoms with Gasteiger partial charge in [-0.3, -0.25) is 0 Å². The van der Waals surface area contributed by atoms with Gasteiger partial charge in [-0.1, -0.05) is 117 Å². The molecular formula is C43H31NS. The van der Waals surface area contributed by atoms with Crippen LogP contribution in [0, 0.1) is 0 Å². The molecule has 45 heavy (non-hydrogen) atoms. The van der Waals surface area contributed by atoms with Gasteiger partial charge in [0.05, 0.1) is 0 Å². The third-order valence-corrected chi connectivity index (χ3v) is 10.9. The zero-order valence-electron chi connectivity index (χ0n) is 25.3. The largest absolute Gasteiger partial charge is 0.310 e. The molecule has 0 N–H and O–H groups in total. The van der Waals surface area contributed by atoms with Crippen molar-refractivity contribution < 1.29 is 0 Å². The maximum atomic E-state index is 2.38. The van der Waals surface area contributed by atoms with E-state index in [9.17, 15) is 0 Å². The number of nitrogens with zero attached hydrogens (tertiary/aromatic N) is 1. The van der Waals surface area contributed by atoms with Crippen LogP contribution in [0.5, 0.6) is 0 Å². The van der Waals surface area contributed by atoms with E-state index in [1.165, 1.54) is 64.3 Å². The second-order valence-electron chi connectivity index (χ2n) is 12.6. The number of rotatable bonds is 4. The van der Waals surface area contributed by atoms with Crippen LogP contribution in [0.1, 0.15) is 25.0 Å². The smallest absolute Gasteiger partial charge is 0.0468 e. The van der Waals surface area contributed by atoms with Gasteiger partial charge < -0.3 is 4.90 Å². The first kappa shape index (κ1) is 26.2. The molecule has 214 valence electrons. The van der Waals surface area contributed by atoms with E-state index in [-0.39, 0.29) is 5.41 Å². The van der Waals surface area contributed by atoms with Crippen molar-refractivity contribution >= 4 is 59.3 Å². The summed E-state index contributed by atoms with van der Waals surface area (Å²) in [5.74, 6) is 0. The summed E-state index contributed by atoms with van der Waals surface area (Å²) in [5, 5.41) is 5.30. The summed E-state index contributed by atoms with van der Waals surface area (Å²) < 4.78 is 2.68. The van der Waals surface area contributed by atoms with E-state index in [2.05, 4.69) is 170 Å². The Morgan fingerprint density at radius 3 is 1.98 bits per heavy atom. The molecule has 0 saturated heterocycles. The Morgan fingerprint density at radius 2 is 1.13 bits per heavy atom. The zero-order chi connectivity index (χ0) is 30.1. The van der Waals surface area contributed by atoms with Crippen LogP contribution in [-0.2, 0) is 5.41 Å². The summed E-state index contributed by atoms with van der Waals surface area (Å²) >= 11 is 1.90. The quantitative estimate of drug-likeness (QED) is 0.196. The molecule has 0 atom stereocenters. The van der Waals surface area contributed by atoms with Crippen LogP contribution in [0.4, 0.5) is 17.1 Å². The second kappa shape index (κ2) is 9.92. The van der Waals surface area contributed by atoms with Crippen LogP contribution in [0.25, 0.3) is 53.2 Å². The van der Waals surface area contributed by atoms with Crippen molar-refractivity contribution in [1.29, 1.82) is 0 Å². The van der Waals surface area contributed by atoms with Crippen LogP contribution in [0.3, 0.4) is 0 Å². The molecule has 0 saturated carbocycles. The normalized spacial score (nSPS) is 13.3. The first-order chi connectivity index (χ1) is 22.1. The lowest BCUT2D eigenvalue weighted by Crippen LogP contribution is -2.15. The summed E-state index contributed by atoms with van der Waals surface area (Å²) in [7, 11) is 0. The number of fused-ring (bicyclic) bond motifs is 8. The monoisotopic (exact) mass is 593 g/mol. The summed E-state index contributed by atoms with van der Waals surface area (Å²) in [5.41, 5.74) is 11.4. The fourth-order valence-corrected chi connectivity index (χ4v) is 8.71. The van der Waals surface area contributed by atoms with Gasteiger partial charge in [0.1, 0.15) is 0 Å².